The summed E-state index contributed by atoms with van der Waals surface area (Å²) in [6.07, 6.45) is -11.9. The SMILES string of the molecule is O=C(NCc1ccc(C(O)(C(F)(F)F)C(F)(F)F)cc1)c1ccc2ccccc2c1. The van der Waals surface area contributed by atoms with Gasteiger partial charge >= 0.3 is 12.4 Å². The molecule has 0 aliphatic rings. The van der Waals surface area contributed by atoms with Gasteiger partial charge in [0.05, 0.1) is 0 Å². The maximum atomic E-state index is 12.9. The van der Waals surface area contributed by atoms with Crippen molar-refractivity contribution in [1.82, 2.24) is 5.32 Å². The van der Waals surface area contributed by atoms with Gasteiger partial charge in [0.2, 0.25) is 0 Å². The number of hydrogen-bond donors (Lipinski definition) is 2. The summed E-state index contributed by atoms with van der Waals surface area (Å²) < 4.78 is 77.5. The van der Waals surface area contributed by atoms with Crippen LogP contribution in [-0.4, -0.2) is 23.4 Å². The highest BCUT2D eigenvalue weighted by Crippen LogP contribution is 2.49. The van der Waals surface area contributed by atoms with Gasteiger partial charge in [0, 0.05) is 17.7 Å². The van der Waals surface area contributed by atoms with E-state index in [0.717, 1.165) is 22.9 Å². The molecule has 0 aromatic heterocycles. The van der Waals surface area contributed by atoms with E-state index in [1.54, 1.807) is 18.2 Å². The van der Waals surface area contributed by atoms with Crippen LogP contribution in [0.1, 0.15) is 21.5 Å². The molecule has 1 amide bonds. The third kappa shape index (κ3) is 3.97. The largest absolute Gasteiger partial charge is 0.430 e. The highest BCUT2D eigenvalue weighted by atomic mass is 19.4. The van der Waals surface area contributed by atoms with Gasteiger partial charge in [-0.3, -0.25) is 4.79 Å². The number of hydrogen-bond acceptors (Lipinski definition) is 2. The van der Waals surface area contributed by atoms with Crippen molar-refractivity contribution < 1.29 is 36.2 Å². The Balaban J connectivity index is 1.74. The molecule has 2 N–H and O–H groups in total. The van der Waals surface area contributed by atoms with E-state index in [4.69, 9.17) is 0 Å². The summed E-state index contributed by atoms with van der Waals surface area (Å²) in [5, 5.41) is 13.7. The van der Waals surface area contributed by atoms with Crippen molar-refractivity contribution in [1.29, 1.82) is 0 Å². The Morgan fingerprint density at radius 2 is 1.37 bits per heavy atom. The van der Waals surface area contributed by atoms with Crippen LogP contribution in [0.4, 0.5) is 26.3 Å². The summed E-state index contributed by atoms with van der Waals surface area (Å²) in [5.41, 5.74) is -5.71. The molecular formula is C21H15F6NO2. The average Bonchev–Trinajstić information content (AvgIpc) is 2.69. The molecule has 0 aliphatic heterocycles. The first kappa shape index (κ1) is 21.6. The third-order valence-corrected chi connectivity index (χ3v) is 4.66. The number of benzene rings is 3. The lowest BCUT2D eigenvalue weighted by molar-refractivity contribution is -0.376. The molecule has 0 atom stereocenters. The summed E-state index contributed by atoms with van der Waals surface area (Å²) in [5.74, 6) is -0.452. The summed E-state index contributed by atoms with van der Waals surface area (Å²) in [6.45, 7) is -0.123. The quantitative estimate of drug-likeness (QED) is 0.571. The zero-order valence-electron chi connectivity index (χ0n) is 15.2. The maximum absolute atomic E-state index is 12.9. The lowest BCUT2D eigenvalue weighted by Crippen LogP contribution is -2.53. The minimum atomic E-state index is -5.95. The highest BCUT2D eigenvalue weighted by Gasteiger charge is 2.71. The molecule has 0 bridgehead atoms. The lowest BCUT2D eigenvalue weighted by atomic mass is 9.91. The van der Waals surface area contributed by atoms with Gasteiger partial charge in [-0.25, -0.2) is 0 Å². The molecule has 3 aromatic rings. The van der Waals surface area contributed by atoms with Gasteiger partial charge in [0.1, 0.15) is 0 Å². The second kappa shape index (κ2) is 7.64. The predicted octanol–water partition coefficient (Wildman–Crippen LogP) is 5.08. The Hall–Kier alpha value is -3.07. The second-order valence-electron chi connectivity index (χ2n) is 6.65. The van der Waals surface area contributed by atoms with E-state index in [1.165, 1.54) is 0 Å². The molecule has 0 aliphatic carbocycles. The van der Waals surface area contributed by atoms with Crippen LogP contribution in [-0.2, 0) is 12.1 Å². The van der Waals surface area contributed by atoms with Crippen molar-refractivity contribution in [2.45, 2.75) is 24.5 Å². The van der Waals surface area contributed by atoms with Crippen LogP contribution in [0.2, 0.25) is 0 Å². The Labute approximate surface area is 166 Å². The standard InChI is InChI=1S/C21H15F6NO2/c22-20(23,24)19(30,21(25,26)27)17-9-5-13(6-10-17)12-28-18(29)16-8-7-14-3-1-2-4-15(14)11-16/h1-11,30H,12H2,(H,28,29). The molecule has 30 heavy (non-hydrogen) atoms. The first-order valence-corrected chi connectivity index (χ1v) is 8.66. The van der Waals surface area contributed by atoms with E-state index in [9.17, 15) is 36.2 Å². The first-order chi connectivity index (χ1) is 13.9. The zero-order chi connectivity index (χ0) is 22.2. The third-order valence-electron chi connectivity index (χ3n) is 4.66. The molecule has 3 aromatic carbocycles. The van der Waals surface area contributed by atoms with Crippen LogP contribution in [0, 0.1) is 0 Å². The van der Waals surface area contributed by atoms with E-state index >= 15 is 0 Å². The van der Waals surface area contributed by atoms with Gasteiger partial charge in [-0.1, -0.05) is 54.6 Å². The number of amides is 1. The number of aliphatic hydroxyl groups is 1. The van der Waals surface area contributed by atoms with Crippen LogP contribution in [0.5, 0.6) is 0 Å². The first-order valence-electron chi connectivity index (χ1n) is 8.66. The molecule has 0 fully saturated rings. The maximum Gasteiger partial charge on any atom is 0.430 e. The zero-order valence-corrected chi connectivity index (χ0v) is 15.2. The molecule has 158 valence electrons. The normalized spacial score (nSPS) is 12.8. The number of carbonyl (C=O) groups excluding carboxylic acids is 1. The predicted molar refractivity (Wildman–Crippen MR) is 97.6 cm³/mol. The van der Waals surface area contributed by atoms with Crippen LogP contribution in [0.3, 0.4) is 0 Å². The number of alkyl halides is 6. The number of halogens is 6. The van der Waals surface area contributed by atoms with Crippen LogP contribution < -0.4 is 5.32 Å². The van der Waals surface area contributed by atoms with Crippen molar-refractivity contribution in [3.05, 3.63) is 83.4 Å². The monoisotopic (exact) mass is 427 g/mol. The summed E-state index contributed by atoms with van der Waals surface area (Å²) >= 11 is 0. The smallest absolute Gasteiger partial charge is 0.369 e. The van der Waals surface area contributed by atoms with Crippen molar-refractivity contribution in [2.24, 2.45) is 0 Å². The van der Waals surface area contributed by atoms with Gasteiger partial charge in [0.15, 0.2) is 0 Å². The Morgan fingerprint density at radius 3 is 1.93 bits per heavy atom. The fourth-order valence-electron chi connectivity index (χ4n) is 2.97. The lowest BCUT2D eigenvalue weighted by Gasteiger charge is -2.32. The molecule has 3 nitrogen and oxygen atoms in total. The molecular weight excluding hydrogens is 412 g/mol. The van der Waals surface area contributed by atoms with Gasteiger partial charge in [-0.15, -0.1) is 0 Å². The second-order valence-corrected chi connectivity index (χ2v) is 6.65. The molecule has 0 heterocycles. The van der Waals surface area contributed by atoms with E-state index in [-0.39, 0.29) is 12.1 Å². The molecule has 0 spiro atoms. The molecule has 0 saturated carbocycles. The van der Waals surface area contributed by atoms with Gasteiger partial charge in [0.25, 0.3) is 11.5 Å². The van der Waals surface area contributed by atoms with E-state index in [0.29, 0.717) is 17.7 Å². The fraction of sp³-hybridized carbons (Fsp3) is 0.190. The fourth-order valence-corrected chi connectivity index (χ4v) is 2.97. The molecule has 0 saturated heterocycles. The van der Waals surface area contributed by atoms with Crippen LogP contribution in [0.25, 0.3) is 10.8 Å². The van der Waals surface area contributed by atoms with Gasteiger partial charge in [-0.2, -0.15) is 26.3 Å². The van der Waals surface area contributed by atoms with Crippen molar-refractivity contribution in [3.63, 3.8) is 0 Å². The van der Waals surface area contributed by atoms with Crippen molar-refractivity contribution >= 4 is 16.7 Å². The minimum absolute atomic E-state index is 0.123. The number of carbonyl (C=O) groups is 1. The van der Waals surface area contributed by atoms with E-state index in [1.807, 2.05) is 24.3 Å². The molecule has 9 heteroatoms. The summed E-state index contributed by atoms with van der Waals surface area (Å²) in [6, 6.07) is 15.4. The topological polar surface area (TPSA) is 49.3 Å². The highest BCUT2D eigenvalue weighted by molar-refractivity contribution is 5.98. The Kier molecular flexibility index (Phi) is 5.51. The van der Waals surface area contributed by atoms with E-state index in [2.05, 4.69) is 5.32 Å². The van der Waals surface area contributed by atoms with Gasteiger partial charge in [-0.05, 0) is 28.5 Å². The molecule has 0 radical (unpaired) electrons. The molecule has 3 rings (SSSR count). The summed E-state index contributed by atoms with van der Waals surface area (Å²) in [7, 11) is 0. The van der Waals surface area contributed by atoms with Gasteiger partial charge < -0.3 is 10.4 Å². The number of nitrogens with one attached hydrogen (secondary N) is 1. The number of fused-ring (bicyclic) bond motifs is 1. The van der Waals surface area contributed by atoms with Crippen LogP contribution in [0.15, 0.2) is 66.7 Å². The van der Waals surface area contributed by atoms with Crippen molar-refractivity contribution in [3.8, 4) is 0 Å². The number of rotatable bonds is 4. The van der Waals surface area contributed by atoms with Crippen LogP contribution >= 0.6 is 0 Å². The van der Waals surface area contributed by atoms with Crippen molar-refractivity contribution in [2.75, 3.05) is 0 Å². The molecule has 0 unspecified atom stereocenters. The average molecular weight is 427 g/mol. The van der Waals surface area contributed by atoms with E-state index < -0.39 is 29.4 Å². The minimum Gasteiger partial charge on any atom is -0.369 e. The Morgan fingerprint density at radius 1 is 0.800 bits per heavy atom. The summed E-state index contributed by atoms with van der Waals surface area (Å²) in [4.78, 5) is 12.3. The Bertz CT molecular complexity index is 1040.